The summed E-state index contributed by atoms with van der Waals surface area (Å²) in [6.07, 6.45) is -0.188. The summed E-state index contributed by atoms with van der Waals surface area (Å²) in [5.41, 5.74) is 4.52. The van der Waals surface area contributed by atoms with Crippen LogP contribution in [0.4, 0.5) is 4.79 Å². The Morgan fingerprint density at radius 2 is 1.59 bits per heavy atom. The first kappa shape index (κ1) is 23.3. The van der Waals surface area contributed by atoms with Crippen LogP contribution in [0, 0.1) is 0 Å². The number of carboxylic acids is 1. The van der Waals surface area contributed by atoms with Gasteiger partial charge in [-0.25, -0.2) is 9.59 Å². The summed E-state index contributed by atoms with van der Waals surface area (Å²) in [5.74, 6) is -1.72. The van der Waals surface area contributed by atoms with Crippen molar-refractivity contribution in [3.8, 4) is 11.1 Å². The van der Waals surface area contributed by atoms with Crippen LogP contribution in [0.5, 0.6) is 0 Å². The number of alkyl carbamates (subject to hydrolysis) is 1. The molecule has 3 N–H and O–H groups in total. The number of benzene rings is 2. The number of aliphatic carboxylic acids is 1. The van der Waals surface area contributed by atoms with E-state index in [0.29, 0.717) is 6.42 Å². The van der Waals surface area contributed by atoms with Crippen LogP contribution in [-0.4, -0.2) is 55.5 Å². The molecule has 0 fully saturated rings. The summed E-state index contributed by atoms with van der Waals surface area (Å²) in [6.45, 7) is 1.86. The number of hydrogen-bond acceptors (Lipinski definition) is 5. The van der Waals surface area contributed by atoms with Gasteiger partial charge >= 0.3 is 12.1 Å². The SMILES string of the molecule is CC[C@H](CC(=O)NC(COC)C(=O)O)NC(=O)OCC1c2ccccc2-c2ccccc21. The van der Waals surface area contributed by atoms with Crippen LogP contribution < -0.4 is 10.6 Å². The Bertz CT molecular complexity index is 931. The monoisotopic (exact) mass is 440 g/mol. The third-order valence-corrected chi connectivity index (χ3v) is 5.56. The molecule has 2 amide bonds. The zero-order valence-corrected chi connectivity index (χ0v) is 18.2. The van der Waals surface area contributed by atoms with E-state index in [1.54, 1.807) is 0 Å². The molecule has 2 aromatic carbocycles. The van der Waals surface area contributed by atoms with E-state index in [4.69, 9.17) is 14.6 Å². The highest BCUT2D eigenvalue weighted by atomic mass is 16.5. The number of carbonyl (C=O) groups is 3. The van der Waals surface area contributed by atoms with Crippen LogP contribution in [0.1, 0.15) is 36.8 Å². The molecule has 8 nitrogen and oxygen atoms in total. The Labute approximate surface area is 186 Å². The Morgan fingerprint density at radius 3 is 2.12 bits per heavy atom. The Balaban J connectivity index is 1.56. The molecule has 170 valence electrons. The fraction of sp³-hybridized carbons (Fsp3) is 0.375. The second-order valence-electron chi connectivity index (χ2n) is 7.69. The molecule has 0 saturated carbocycles. The highest BCUT2D eigenvalue weighted by molar-refractivity contribution is 5.84. The van der Waals surface area contributed by atoms with E-state index in [1.165, 1.54) is 7.11 Å². The van der Waals surface area contributed by atoms with Gasteiger partial charge in [-0.3, -0.25) is 4.79 Å². The number of carboxylic acid groups (broad SMARTS) is 1. The molecule has 2 atom stereocenters. The Morgan fingerprint density at radius 1 is 1.00 bits per heavy atom. The number of ether oxygens (including phenoxy) is 2. The molecule has 8 heteroatoms. The lowest BCUT2D eigenvalue weighted by Crippen LogP contribution is -2.46. The fourth-order valence-corrected chi connectivity index (χ4v) is 3.92. The summed E-state index contributed by atoms with van der Waals surface area (Å²) in [5, 5.41) is 14.2. The number of amides is 2. The second kappa shape index (κ2) is 10.8. The average molecular weight is 440 g/mol. The zero-order valence-electron chi connectivity index (χ0n) is 18.2. The van der Waals surface area contributed by atoms with E-state index in [0.717, 1.165) is 22.3 Å². The first-order valence-corrected chi connectivity index (χ1v) is 10.6. The molecule has 0 heterocycles. The summed E-state index contributed by atoms with van der Waals surface area (Å²) < 4.78 is 10.3. The second-order valence-corrected chi connectivity index (χ2v) is 7.69. The largest absolute Gasteiger partial charge is 0.480 e. The van der Waals surface area contributed by atoms with Gasteiger partial charge in [0.1, 0.15) is 6.61 Å². The van der Waals surface area contributed by atoms with Gasteiger partial charge in [-0.05, 0) is 28.7 Å². The maximum absolute atomic E-state index is 12.4. The number of nitrogens with one attached hydrogen (secondary N) is 2. The molecule has 0 spiro atoms. The van der Waals surface area contributed by atoms with Crippen LogP contribution in [0.15, 0.2) is 48.5 Å². The summed E-state index contributed by atoms with van der Waals surface area (Å²) in [6, 6.07) is 14.5. The maximum atomic E-state index is 12.4. The highest BCUT2D eigenvalue weighted by Crippen LogP contribution is 2.44. The van der Waals surface area contributed by atoms with Crippen molar-refractivity contribution < 1.29 is 29.0 Å². The molecule has 0 bridgehead atoms. The Kier molecular flexibility index (Phi) is 7.83. The number of rotatable bonds is 10. The van der Waals surface area contributed by atoms with Gasteiger partial charge in [0, 0.05) is 25.5 Å². The number of carbonyl (C=O) groups excluding carboxylic acids is 2. The molecule has 1 unspecified atom stereocenters. The quantitative estimate of drug-likeness (QED) is 0.524. The number of methoxy groups -OCH3 is 1. The van der Waals surface area contributed by atoms with Crippen LogP contribution in [0.3, 0.4) is 0 Å². The van der Waals surface area contributed by atoms with Crippen molar-refractivity contribution in [2.45, 2.75) is 37.8 Å². The van der Waals surface area contributed by atoms with Gasteiger partial charge < -0.3 is 25.2 Å². The van der Waals surface area contributed by atoms with Crippen molar-refractivity contribution in [1.29, 1.82) is 0 Å². The Hall–Kier alpha value is -3.39. The van der Waals surface area contributed by atoms with Crippen LogP contribution >= 0.6 is 0 Å². The minimum Gasteiger partial charge on any atom is -0.480 e. The van der Waals surface area contributed by atoms with Gasteiger partial charge in [-0.1, -0.05) is 55.5 Å². The minimum atomic E-state index is -1.18. The molecule has 0 radical (unpaired) electrons. The molecular weight excluding hydrogens is 412 g/mol. The van der Waals surface area contributed by atoms with Gasteiger partial charge in [-0.2, -0.15) is 0 Å². The van der Waals surface area contributed by atoms with Gasteiger partial charge in [0.15, 0.2) is 6.04 Å². The van der Waals surface area contributed by atoms with E-state index in [1.807, 2.05) is 43.3 Å². The summed E-state index contributed by atoms with van der Waals surface area (Å²) in [4.78, 5) is 35.8. The van der Waals surface area contributed by atoms with Crippen LogP contribution in [0.25, 0.3) is 11.1 Å². The first-order valence-electron chi connectivity index (χ1n) is 10.6. The van der Waals surface area contributed by atoms with Crippen LogP contribution in [-0.2, 0) is 19.1 Å². The molecule has 0 aliphatic heterocycles. The van der Waals surface area contributed by atoms with E-state index in [-0.39, 0.29) is 25.6 Å². The van der Waals surface area contributed by atoms with Gasteiger partial charge in [0.05, 0.1) is 6.61 Å². The normalized spacial score (nSPS) is 14.1. The van der Waals surface area contributed by atoms with E-state index < -0.39 is 30.1 Å². The van der Waals surface area contributed by atoms with Crippen molar-refractivity contribution in [3.05, 3.63) is 59.7 Å². The van der Waals surface area contributed by atoms with E-state index in [9.17, 15) is 14.4 Å². The van der Waals surface area contributed by atoms with Crippen molar-refractivity contribution in [2.24, 2.45) is 0 Å². The van der Waals surface area contributed by atoms with Crippen molar-refractivity contribution >= 4 is 18.0 Å². The number of hydrogen-bond donors (Lipinski definition) is 3. The lowest BCUT2D eigenvalue weighted by Gasteiger charge is -2.20. The predicted octanol–water partition coefficient (Wildman–Crippen LogP) is 2.91. The van der Waals surface area contributed by atoms with Crippen molar-refractivity contribution in [2.75, 3.05) is 20.3 Å². The highest BCUT2D eigenvalue weighted by Gasteiger charge is 2.29. The maximum Gasteiger partial charge on any atom is 0.407 e. The lowest BCUT2D eigenvalue weighted by atomic mass is 9.98. The standard InChI is InChI=1S/C24H28N2O6/c1-3-15(12-22(27)26-21(14-31-2)23(28)29)25-24(30)32-13-20-18-10-6-4-8-16(18)17-9-5-7-11-19(17)20/h4-11,15,20-21H,3,12-14H2,1-2H3,(H,25,30)(H,26,27)(H,28,29)/t15-,21?/m1/s1. The molecule has 0 aromatic heterocycles. The summed E-state index contributed by atoms with van der Waals surface area (Å²) in [7, 11) is 1.36. The molecule has 1 aliphatic rings. The molecule has 0 saturated heterocycles. The third-order valence-electron chi connectivity index (χ3n) is 5.56. The molecule has 3 rings (SSSR count). The average Bonchev–Trinajstić information content (AvgIpc) is 3.10. The van der Waals surface area contributed by atoms with Gasteiger partial charge in [-0.15, -0.1) is 0 Å². The number of fused-ring (bicyclic) bond motifs is 3. The molecule has 2 aromatic rings. The van der Waals surface area contributed by atoms with Crippen LogP contribution in [0.2, 0.25) is 0 Å². The van der Waals surface area contributed by atoms with E-state index >= 15 is 0 Å². The summed E-state index contributed by atoms with van der Waals surface area (Å²) >= 11 is 0. The minimum absolute atomic E-state index is 0.0538. The lowest BCUT2D eigenvalue weighted by molar-refractivity contribution is -0.143. The zero-order chi connectivity index (χ0) is 23.1. The fourth-order valence-electron chi connectivity index (χ4n) is 3.92. The predicted molar refractivity (Wildman–Crippen MR) is 118 cm³/mol. The third kappa shape index (κ3) is 5.45. The topological polar surface area (TPSA) is 114 Å². The molecular formula is C24H28N2O6. The first-order chi connectivity index (χ1) is 15.4. The molecule has 32 heavy (non-hydrogen) atoms. The smallest absolute Gasteiger partial charge is 0.407 e. The van der Waals surface area contributed by atoms with Gasteiger partial charge in [0.2, 0.25) is 5.91 Å². The van der Waals surface area contributed by atoms with Crippen molar-refractivity contribution in [1.82, 2.24) is 10.6 Å². The molecule has 1 aliphatic carbocycles. The van der Waals surface area contributed by atoms with Crippen molar-refractivity contribution in [3.63, 3.8) is 0 Å². The van der Waals surface area contributed by atoms with E-state index in [2.05, 4.69) is 22.8 Å². The van der Waals surface area contributed by atoms with Gasteiger partial charge in [0.25, 0.3) is 0 Å².